The first-order valence-corrected chi connectivity index (χ1v) is 10.6. The average Bonchev–Trinajstić information content (AvgIpc) is 3.12. The number of rotatable bonds is 2. The van der Waals surface area contributed by atoms with Crippen LogP contribution in [0.1, 0.15) is 22.8 Å². The summed E-state index contributed by atoms with van der Waals surface area (Å²) in [7, 11) is 1.60. The molecule has 5 rings (SSSR count). The van der Waals surface area contributed by atoms with Gasteiger partial charge < -0.3 is 14.6 Å². The highest BCUT2D eigenvalue weighted by molar-refractivity contribution is 7.99. The first-order chi connectivity index (χ1) is 14.5. The highest BCUT2D eigenvalue weighted by Gasteiger charge is 2.27. The van der Waals surface area contributed by atoms with Gasteiger partial charge in [0.15, 0.2) is 16.3 Å². The number of thioether (sulfide) groups is 1. The minimum Gasteiger partial charge on any atom is -0.494 e. The zero-order valence-corrected chi connectivity index (χ0v) is 17.5. The minimum atomic E-state index is -0.455. The fourth-order valence-corrected chi connectivity index (χ4v) is 4.94. The molecule has 2 aliphatic heterocycles. The largest absolute Gasteiger partial charge is 0.494 e. The Bertz CT molecular complexity index is 1310. The van der Waals surface area contributed by atoms with Crippen molar-refractivity contribution in [2.24, 2.45) is 12.0 Å². The van der Waals surface area contributed by atoms with Crippen LogP contribution in [0.25, 0.3) is 0 Å². The summed E-state index contributed by atoms with van der Waals surface area (Å²) in [5, 5.41) is 10.6. The van der Waals surface area contributed by atoms with Gasteiger partial charge in [-0.2, -0.15) is 0 Å². The van der Waals surface area contributed by atoms with Gasteiger partial charge in [-0.3, -0.25) is 19.3 Å². The number of aromatic hydroxyl groups is 1. The lowest BCUT2D eigenvalue weighted by molar-refractivity contribution is 0.174. The van der Waals surface area contributed by atoms with Crippen LogP contribution in [0.5, 0.6) is 17.4 Å². The van der Waals surface area contributed by atoms with E-state index in [2.05, 4.69) is 4.98 Å². The Morgan fingerprint density at radius 2 is 2.03 bits per heavy atom. The second-order valence-corrected chi connectivity index (χ2v) is 8.60. The van der Waals surface area contributed by atoms with Crippen LogP contribution in [-0.2, 0) is 7.05 Å². The maximum atomic E-state index is 12.7. The summed E-state index contributed by atoms with van der Waals surface area (Å²) in [6.45, 7) is 0.208. The molecule has 2 N–H and O–H groups in total. The normalized spacial score (nSPS) is 17.2. The van der Waals surface area contributed by atoms with E-state index in [0.717, 1.165) is 16.1 Å². The summed E-state index contributed by atoms with van der Waals surface area (Å²) in [6.07, 6.45) is 0.437. The molecule has 30 heavy (non-hydrogen) atoms. The predicted molar refractivity (Wildman–Crippen MR) is 117 cm³/mol. The Hall–Kier alpha value is -3.04. The third-order valence-electron chi connectivity index (χ3n) is 5.12. The van der Waals surface area contributed by atoms with Crippen LogP contribution in [0.2, 0.25) is 0 Å². The van der Waals surface area contributed by atoms with Crippen molar-refractivity contribution in [3.8, 4) is 17.4 Å². The molecule has 2 aliphatic rings. The van der Waals surface area contributed by atoms with Crippen LogP contribution >= 0.6 is 24.0 Å². The molecule has 0 saturated carbocycles. The molecule has 0 aliphatic carbocycles. The molecule has 3 aromatic rings. The van der Waals surface area contributed by atoms with E-state index in [1.165, 1.54) is 4.57 Å². The maximum absolute atomic E-state index is 12.7. The lowest BCUT2D eigenvalue weighted by Gasteiger charge is -2.17. The van der Waals surface area contributed by atoms with Gasteiger partial charge in [0, 0.05) is 23.6 Å². The first kappa shape index (κ1) is 19.0. The van der Waals surface area contributed by atoms with E-state index in [0.29, 0.717) is 23.6 Å². The molecule has 3 heterocycles. The van der Waals surface area contributed by atoms with Gasteiger partial charge in [-0.1, -0.05) is 18.2 Å². The third kappa shape index (κ3) is 3.20. The van der Waals surface area contributed by atoms with Gasteiger partial charge in [0.1, 0.15) is 5.56 Å². The van der Waals surface area contributed by atoms with Crippen LogP contribution in [0.15, 0.2) is 57.1 Å². The monoisotopic (exact) mass is 439 g/mol. The van der Waals surface area contributed by atoms with Crippen molar-refractivity contribution in [1.82, 2.24) is 9.55 Å². The van der Waals surface area contributed by atoms with Gasteiger partial charge in [-0.05, 0) is 42.0 Å². The molecule has 1 unspecified atom stereocenters. The Morgan fingerprint density at radius 1 is 1.23 bits per heavy atom. The van der Waals surface area contributed by atoms with Crippen molar-refractivity contribution in [3.05, 3.63) is 68.7 Å². The van der Waals surface area contributed by atoms with Gasteiger partial charge in [-0.15, -0.1) is 11.8 Å². The zero-order chi connectivity index (χ0) is 20.8. The summed E-state index contributed by atoms with van der Waals surface area (Å²) >= 11 is 6.76. The Balaban J connectivity index is 1.66. The van der Waals surface area contributed by atoms with Crippen LogP contribution in [0, 0.1) is 4.77 Å². The third-order valence-corrected chi connectivity index (χ3v) is 6.82. The summed E-state index contributed by atoms with van der Waals surface area (Å²) < 4.78 is 12.5. The summed E-state index contributed by atoms with van der Waals surface area (Å²) in [6, 6.07) is 13.6. The number of fused-ring (bicyclic) bond motifs is 2. The SMILES string of the molecule is Cn1c(O)c(C2=Nc3ccccc3SC(c3ccc4c(c3)OCO4)C2)c(=O)[nH]c1=S. The van der Waals surface area contributed by atoms with Crippen molar-refractivity contribution in [1.29, 1.82) is 0 Å². The highest BCUT2D eigenvalue weighted by Crippen LogP contribution is 2.47. The van der Waals surface area contributed by atoms with Gasteiger partial charge >= 0.3 is 0 Å². The number of benzene rings is 2. The number of nitrogens with zero attached hydrogens (tertiary/aromatic N) is 2. The number of para-hydroxylation sites is 1. The molecule has 0 amide bonds. The Morgan fingerprint density at radius 3 is 2.90 bits per heavy atom. The summed E-state index contributed by atoms with van der Waals surface area (Å²) in [5.41, 5.74) is 1.95. The molecule has 2 aromatic carbocycles. The molecule has 0 fully saturated rings. The van der Waals surface area contributed by atoms with Crippen molar-refractivity contribution < 1.29 is 14.6 Å². The van der Waals surface area contributed by atoms with Crippen LogP contribution in [0.4, 0.5) is 5.69 Å². The zero-order valence-electron chi connectivity index (χ0n) is 15.9. The molecule has 0 bridgehead atoms. The Kier molecular flexibility index (Phi) is 4.63. The summed E-state index contributed by atoms with van der Waals surface area (Å²) in [5.74, 6) is 1.22. The lowest BCUT2D eigenvalue weighted by atomic mass is 10.0. The standard InChI is InChI=1S/C21H17N3O4S2/c1-24-20(26)18(19(25)23-21(24)29)13-9-17(30-16-5-3-2-4-12(16)22-13)11-6-7-14-15(8-11)28-10-27-14/h2-8,17,26H,9-10H2,1H3,(H,23,25,29). The number of aliphatic imine (C=N–C) groups is 1. The minimum absolute atomic E-state index is 0.0471. The fourth-order valence-electron chi connectivity index (χ4n) is 3.54. The number of H-pyrrole nitrogens is 1. The predicted octanol–water partition coefficient (Wildman–Crippen LogP) is 4.24. The molecule has 9 heteroatoms. The second kappa shape index (κ2) is 7.33. The van der Waals surface area contributed by atoms with Gasteiger partial charge in [0.25, 0.3) is 5.56 Å². The topological polar surface area (TPSA) is 88.8 Å². The number of aromatic amines is 1. The van der Waals surface area contributed by atoms with Crippen molar-refractivity contribution in [2.45, 2.75) is 16.6 Å². The molecule has 1 aromatic heterocycles. The molecule has 0 saturated heterocycles. The number of ether oxygens (including phenoxy) is 2. The van der Waals surface area contributed by atoms with Crippen molar-refractivity contribution in [3.63, 3.8) is 0 Å². The van der Waals surface area contributed by atoms with E-state index in [-0.39, 0.29) is 28.3 Å². The van der Waals surface area contributed by atoms with Crippen LogP contribution in [0.3, 0.4) is 0 Å². The molecule has 1 atom stereocenters. The van der Waals surface area contributed by atoms with E-state index in [1.54, 1.807) is 18.8 Å². The quantitative estimate of drug-likeness (QED) is 0.581. The van der Waals surface area contributed by atoms with Crippen LogP contribution < -0.4 is 15.0 Å². The molecule has 152 valence electrons. The molecule has 7 nitrogen and oxygen atoms in total. The van der Waals surface area contributed by atoms with Crippen molar-refractivity contribution in [2.75, 3.05) is 6.79 Å². The smallest absolute Gasteiger partial charge is 0.264 e. The number of hydrogen-bond donors (Lipinski definition) is 2. The van der Waals surface area contributed by atoms with Gasteiger partial charge in [-0.25, -0.2) is 0 Å². The van der Waals surface area contributed by atoms with Crippen molar-refractivity contribution >= 4 is 35.4 Å². The highest BCUT2D eigenvalue weighted by atomic mass is 32.2. The number of hydrogen-bond acceptors (Lipinski definition) is 7. The molecular weight excluding hydrogens is 422 g/mol. The molecular formula is C21H17N3O4S2. The van der Waals surface area contributed by atoms with E-state index in [9.17, 15) is 9.90 Å². The number of aromatic nitrogens is 2. The van der Waals surface area contributed by atoms with Crippen LogP contribution in [-0.4, -0.2) is 27.2 Å². The van der Waals surface area contributed by atoms with E-state index >= 15 is 0 Å². The second-order valence-electron chi connectivity index (χ2n) is 6.97. The first-order valence-electron chi connectivity index (χ1n) is 9.26. The maximum Gasteiger partial charge on any atom is 0.264 e. The van der Waals surface area contributed by atoms with E-state index in [4.69, 9.17) is 26.7 Å². The Labute approximate surface area is 181 Å². The summed E-state index contributed by atoms with van der Waals surface area (Å²) in [4.78, 5) is 21.1. The van der Waals surface area contributed by atoms with Gasteiger partial charge in [0.05, 0.1) is 11.4 Å². The van der Waals surface area contributed by atoms with E-state index < -0.39 is 5.56 Å². The van der Waals surface area contributed by atoms with E-state index in [1.807, 2.05) is 42.5 Å². The van der Waals surface area contributed by atoms with Gasteiger partial charge in [0.2, 0.25) is 12.7 Å². The molecule has 0 spiro atoms. The fraction of sp³-hybridized carbons (Fsp3) is 0.190. The number of nitrogens with one attached hydrogen (secondary N) is 1. The molecule has 0 radical (unpaired) electrons. The lowest BCUT2D eigenvalue weighted by Crippen LogP contribution is -2.23. The average molecular weight is 440 g/mol.